The highest BCUT2D eigenvalue weighted by molar-refractivity contribution is 6.39. The molecule has 2 amide bonds. The van der Waals surface area contributed by atoms with E-state index in [0.717, 1.165) is 35.3 Å². The summed E-state index contributed by atoms with van der Waals surface area (Å²) in [4.78, 5) is 23.9. The largest absolute Gasteiger partial charge is 0.416 e. The Kier molecular flexibility index (Phi) is 6.69. The number of carbonyl (C=O) groups is 2. The summed E-state index contributed by atoms with van der Waals surface area (Å²) >= 11 is 6.06. The Labute approximate surface area is 186 Å². The Morgan fingerprint density at radius 1 is 1.03 bits per heavy atom. The number of alkyl halides is 3. The van der Waals surface area contributed by atoms with E-state index in [1.165, 1.54) is 12.3 Å². The molecule has 0 unspecified atom stereocenters. The van der Waals surface area contributed by atoms with Gasteiger partial charge in [0.25, 0.3) is 0 Å². The van der Waals surface area contributed by atoms with Gasteiger partial charge in [-0.1, -0.05) is 23.7 Å². The fraction of sp³-hybridized carbons (Fsp3) is 0.136. The van der Waals surface area contributed by atoms with Crippen LogP contribution >= 0.6 is 11.6 Å². The molecule has 10 heteroatoms. The third-order valence-corrected chi connectivity index (χ3v) is 4.80. The minimum Gasteiger partial charge on any atom is -0.318 e. The maximum absolute atomic E-state index is 12.8. The minimum atomic E-state index is -4.56. The lowest BCUT2D eigenvalue weighted by Crippen LogP contribution is -2.32. The normalized spacial score (nSPS) is 11.6. The van der Waals surface area contributed by atoms with Crippen molar-refractivity contribution < 1.29 is 22.8 Å². The van der Waals surface area contributed by atoms with Crippen LogP contribution in [0.4, 0.5) is 18.9 Å². The fourth-order valence-corrected chi connectivity index (χ4v) is 3.29. The van der Waals surface area contributed by atoms with Crippen molar-refractivity contribution in [2.75, 3.05) is 5.32 Å². The number of carbonyl (C=O) groups excluding carboxylic acids is 2. The third-order valence-electron chi connectivity index (χ3n) is 4.56. The minimum absolute atomic E-state index is 0.158. The summed E-state index contributed by atoms with van der Waals surface area (Å²) in [6.45, 7) is 3.75. The van der Waals surface area contributed by atoms with Crippen molar-refractivity contribution in [1.29, 1.82) is 0 Å². The molecule has 1 aromatic heterocycles. The summed E-state index contributed by atoms with van der Waals surface area (Å²) in [6, 6.07) is 13.1. The zero-order chi connectivity index (χ0) is 23.5. The molecule has 0 bridgehead atoms. The standard InChI is InChI=1S/C22H18ClF3N4O2/c1-13-9-15(14(2)30(13)19-8-4-6-17(23)11-19)12-27-29-21(32)20(31)28-18-7-3-5-16(10-18)22(24,25)26/h3-12H,1-2H3,(H,28,31)(H,29,32)/b27-12+. The summed E-state index contributed by atoms with van der Waals surface area (Å²) in [5, 5.41) is 6.48. The van der Waals surface area contributed by atoms with Crippen molar-refractivity contribution in [3.8, 4) is 5.69 Å². The molecule has 3 rings (SSSR count). The number of amides is 2. The van der Waals surface area contributed by atoms with Gasteiger partial charge in [0.05, 0.1) is 11.8 Å². The zero-order valence-electron chi connectivity index (χ0n) is 17.0. The van der Waals surface area contributed by atoms with Crippen molar-refractivity contribution >= 4 is 35.3 Å². The predicted octanol–water partition coefficient (Wildman–Crippen LogP) is 4.86. The summed E-state index contributed by atoms with van der Waals surface area (Å²) in [7, 11) is 0. The molecule has 0 atom stereocenters. The van der Waals surface area contributed by atoms with Crippen molar-refractivity contribution in [2.45, 2.75) is 20.0 Å². The summed E-state index contributed by atoms with van der Waals surface area (Å²) < 4.78 is 40.2. The van der Waals surface area contributed by atoms with Crippen molar-refractivity contribution in [3.05, 3.63) is 82.1 Å². The Morgan fingerprint density at radius 3 is 2.44 bits per heavy atom. The number of anilines is 1. The number of hydrogen-bond donors (Lipinski definition) is 2. The smallest absolute Gasteiger partial charge is 0.318 e. The number of hydrazone groups is 1. The van der Waals surface area contributed by atoms with Crippen LogP contribution in [0.5, 0.6) is 0 Å². The number of nitrogens with one attached hydrogen (secondary N) is 2. The number of benzene rings is 2. The second-order valence-corrected chi connectivity index (χ2v) is 7.31. The molecule has 32 heavy (non-hydrogen) atoms. The van der Waals surface area contributed by atoms with Gasteiger partial charge >= 0.3 is 18.0 Å². The molecule has 0 aliphatic heterocycles. The van der Waals surface area contributed by atoms with Crippen LogP contribution in [0.3, 0.4) is 0 Å². The van der Waals surface area contributed by atoms with Crippen LogP contribution in [0.2, 0.25) is 5.02 Å². The fourth-order valence-electron chi connectivity index (χ4n) is 3.10. The highest BCUT2D eigenvalue weighted by Gasteiger charge is 2.30. The van der Waals surface area contributed by atoms with Crippen LogP contribution in [-0.2, 0) is 15.8 Å². The van der Waals surface area contributed by atoms with E-state index in [2.05, 4.69) is 15.8 Å². The lowest BCUT2D eigenvalue weighted by Gasteiger charge is -2.10. The van der Waals surface area contributed by atoms with Gasteiger partial charge in [-0.15, -0.1) is 0 Å². The molecular weight excluding hydrogens is 445 g/mol. The van der Waals surface area contributed by atoms with E-state index >= 15 is 0 Å². The first-order chi connectivity index (χ1) is 15.1. The second kappa shape index (κ2) is 9.27. The third kappa shape index (κ3) is 5.36. The van der Waals surface area contributed by atoms with Crippen LogP contribution in [-0.4, -0.2) is 22.6 Å². The molecule has 0 saturated heterocycles. The van der Waals surface area contributed by atoms with Crippen molar-refractivity contribution in [1.82, 2.24) is 9.99 Å². The Bertz CT molecular complexity index is 1200. The van der Waals surface area contributed by atoms with Gasteiger partial charge in [0.1, 0.15) is 0 Å². The first kappa shape index (κ1) is 23.1. The van der Waals surface area contributed by atoms with Crippen LogP contribution in [0.15, 0.2) is 59.7 Å². The van der Waals surface area contributed by atoms with Crippen LogP contribution in [0.25, 0.3) is 5.69 Å². The van der Waals surface area contributed by atoms with E-state index in [-0.39, 0.29) is 5.69 Å². The van der Waals surface area contributed by atoms with Crippen LogP contribution < -0.4 is 10.7 Å². The van der Waals surface area contributed by atoms with E-state index in [1.54, 1.807) is 6.07 Å². The van der Waals surface area contributed by atoms with E-state index < -0.39 is 23.6 Å². The highest BCUT2D eigenvalue weighted by Crippen LogP contribution is 2.30. The number of nitrogens with zero attached hydrogens (tertiary/aromatic N) is 2. The SMILES string of the molecule is Cc1cc(/C=N/NC(=O)C(=O)Nc2cccc(C(F)(F)F)c2)c(C)n1-c1cccc(Cl)c1. The highest BCUT2D eigenvalue weighted by atomic mass is 35.5. The number of hydrogen-bond acceptors (Lipinski definition) is 3. The first-order valence-corrected chi connectivity index (χ1v) is 9.70. The van der Waals surface area contributed by atoms with Gasteiger partial charge in [-0.3, -0.25) is 9.59 Å². The van der Waals surface area contributed by atoms with Gasteiger partial charge in [0, 0.05) is 33.3 Å². The zero-order valence-corrected chi connectivity index (χ0v) is 17.8. The molecule has 0 spiro atoms. The lowest BCUT2D eigenvalue weighted by atomic mass is 10.2. The Morgan fingerprint density at radius 2 is 1.75 bits per heavy atom. The topological polar surface area (TPSA) is 75.5 Å². The summed E-state index contributed by atoms with van der Waals surface area (Å²) in [5.74, 6) is -2.27. The van der Waals surface area contributed by atoms with Gasteiger partial charge in [0.15, 0.2) is 0 Å². The summed E-state index contributed by atoms with van der Waals surface area (Å²) in [6.07, 6.45) is -3.19. The van der Waals surface area contributed by atoms with Gasteiger partial charge in [-0.25, -0.2) is 5.43 Å². The van der Waals surface area contributed by atoms with E-state index in [1.807, 2.05) is 42.7 Å². The molecule has 166 valence electrons. The van der Waals surface area contributed by atoms with Gasteiger partial charge < -0.3 is 9.88 Å². The maximum atomic E-state index is 12.8. The predicted molar refractivity (Wildman–Crippen MR) is 116 cm³/mol. The molecule has 0 aliphatic rings. The number of halogens is 4. The number of rotatable bonds is 4. The number of aromatic nitrogens is 1. The Balaban J connectivity index is 1.67. The van der Waals surface area contributed by atoms with Gasteiger partial charge in [-0.05, 0) is 56.3 Å². The molecule has 3 aromatic rings. The molecular formula is C22H18ClF3N4O2. The van der Waals surface area contributed by atoms with E-state index in [0.29, 0.717) is 10.6 Å². The second-order valence-electron chi connectivity index (χ2n) is 6.87. The van der Waals surface area contributed by atoms with E-state index in [4.69, 9.17) is 11.6 Å². The average molecular weight is 463 g/mol. The summed E-state index contributed by atoms with van der Waals surface area (Å²) in [5.41, 5.74) is 4.25. The van der Waals surface area contributed by atoms with Crippen molar-refractivity contribution in [2.24, 2.45) is 5.10 Å². The van der Waals surface area contributed by atoms with E-state index in [9.17, 15) is 22.8 Å². The quantitative estimate of drug-likeness (QED) is 0.330. The van der Waals surface area contributed by atoms with Crippen molar-refractivity contribution in [3.63, 3.8) is 0 Å². The molecule has 2 aromatic carbocycles. The number of aryl methyl sites for hydroxylation is 1. The van der Waals surface area contributed by atoms with Crippen LogP contribution in [0.1, 0.15) is 22.5 Å². The lowest BCUT2D eigenvalue weighted by molar-refractivity contribution is -0.137. The average Bonchev–Trinajstić information content (AvgIpc) is 3.00. The maximum Gasteiger partial charge on any atom is 0.416 e. The molecule has 2 N–H and O–H groups in total. The van der Waals surface area contributed by atoms with Gasteiger partial charge in [0.2, 0.25) is 0 Å². The Hall–Kier alpha value is -3.59. The first-order valence-electron chi connectivity index (χ1n) is 9.33. The molecule has 0 aliphatic carbocycles. The monoisotopic (exact) mass is 462 g/mol. The molecule has 1 heterocycles. The molecule has 0 fully saturated rings. The van der Waals surface area contributed by atoms with Gasteiger partial charge in [-0.2, -0.15) is 18.3 Å². The molecule has 0 saturated carbocycles. The van der Waals surface area contributed by atoms with Crippen LogP contribution in [0, 0.1) is 13.8 Å². The molecule has 6 nitrogen and oxygen atoms in total. The molecule has 0 radical (unpaired) electrons.